The van der Waals surface area contributed by atoms with Crippen molar-refractivity contribution in [3.63, 3.8) is 0 Å². The van der Waals surface area contributed by atoms with Gasteiger partial charge in [0.1, 0.15) is 0 Å². The van der Waals surface area contributed by atoms with Gasteiger partial charge in [-0.2, -0.15) is 0 Å². The first kappa shape index (κ1) is 15.5. The maximum atomic E-state index is 11.8. The molecule has 0 fully saturated rings. The molecule has 0 radical (unpaired) electrons. The molecule has 0 aromatic heterocycles. The lowest BCUT2D eigenvalue weighted by Gasteiger charge is -2.12. The Morgan fingerprint density at radius 2 is 1.76 bits per heavy atom. The zero-order valence-electron chi connectivity index (χ0n) is 11.6. The number of halogens is 1. The molecule has 2 aromatic rings. The first-order chi connectivity index (χ1) is 10.1. The van der Waals surface area contributed by atoms with Gasteiger partial charge in [-0.1, -0.05) is 60.1 Å². The van der Waals surface area contributed by atoms with Crippen LogP contribution in [0.1, 0.15) is 11.1 Å². The van der Waals surface area contributed by atoms with E-state index in [-0.39, 0.29) is 18.9 Å². The fraction of sp³-hybridized carbons (Fsp3) is 0.235. The standard InChI is InChI=1S/C17H18ClNO2/c18-16-9-5-4-8-14(16)11-17(21)19-12-15(20)10-13-6-2-1-3-7-13/h1-9,15,20H,10-12H2,(H,19,21)/t15-/m0/s1. The van der Waals surface area contributed by atoms with E-state index in [1.165, 1.54) is 0 Å². The molecule has 3 nitrogen and oxygen atoms in total. The summed E-state index contributed by atoms with van der Waals surface area (Å²) in [6.07, 6.45) is 0.146. The number of carbonyl (C=O) groups excluding carboxylic acids is 1. The smallest absolute Gasteiger partial charge is 0.224 e. The number of nitrogens with one attached hydrogen (secondary N) is 1. The van der Waals surface area contributed by atoms with Crippen LogP contribution in [0.4, 0.5) is 0 Å². The maximum Gasteiger partial charge on any atom is 0.224 e. The van der Waals surface area contributed by atoms with Gasteiger partial charge in [0.05, 0.1) is 12.5 Å². The molecule has 0 spiro atoms. The summed E-state index contributed by atoms with van der Waals surface area (Å²) in [5, 5.41) is 13.2. The predicted octanol–water partition coefficient (Wildman–Crippen LogP) is 2.60. The van der Waals surface area contributed by atoms with Gasteiger partial charge in [-0.05, 0) is 17.2 Å². The summed E-state index contributed by atoms with van der Waals surface area (Å²) in [7, 11) is 0. The quantitative estimate of drug-likeness (QED) is 0.862. The lowest BCUT2D eigenvalue weighted by Crippen LogP contribution is -2.34. The fourth-order valence-corrected chi connectivity index (χ4v) is 2.27. The molecular formula is C17H18ClNO2. The molecule has 2 aromatic carbocycles. The number of aliphatic hydroxyl groups is 1. The first-order valence-corrected chi connectivity index (χ1v) is 7.25. The topological polar surface area (TPSA) is 49.3 Å². The second-order valence-electron chi connectivity index (χ2n) is 4.92. The van der Waals surface area contributed by atoms with Crippen LogP contribution in [-0.2, 0) is 17.6 Å². The maximum absolute atomic E-state index is 11.8. The molecule has 110 valence electrons. The number of aliphatic hydroxyl groups excluding tert-OH is 1. The molecule has 4 heteroatoms. The van der Waals surface area contributed by atoms with Crippen LogP contribution < -0.4 is 5.32 Å². The highest BCUT2D eigenvalue weighted by molar-refractivity contribution is 6.31. The average Bonchev–Trinajstić information content (AvgIpc) is 2.49. The number of hydrogen-bond acceptors (Lipinski definition) is 2. The van der Waals surface area contributed by atoms with Gasteiger partial charge >= 0.3 is 0 Å². The zero-order chi connectivity index (χ0) is 15.1. The summed E-state index contributed by atoms with van der Waals surface area (Å²) in [6.45, 7) is 0.234. The Morgan fingerprint density at radius 3 is 2.48 bits per heavy atom. The summed E-state index contributed by atoms with van der Waals surface area (Å²) < 4.78 is 0. The van der Waals surface area contributed by atoms with Gasteiger partial charge in [-0.15, -0.1) is 0 Å². The minimum atomic E-state index is -0.595. The predicted molar refractivity (Wildman–Crippen MR) is 84.3 cm³/mol. The van der Waals surface area contributed by atoms with Crippen LogP contribution in [0.3, 0.4) is 0 Å². The first-order valence-electron chi connectivity index (χ1n) is 6.87. The molecule has 1 amide bonds. The molecule has 0 unspecified atom stereocenters. The van der Waals surface area contributed by atoms with Crippen molar-refractivity contribution in [2.24, 2.45) is 0 Å². The Morgan fingerprint density at radius 1 is 1.10 bits per heavy atom. The molecule has 0 aliphatic rings. The van der Waals surface area contributed by atoms with E-state index in [1.54, 1.807) is 6.07 Å². The van der Waals surface area contributed by atoms with Gasteiger partial charge in [0.2, 0.25) is 5.91 Å². The molecule has 0 saturated heterocycles. The minimum Gasteiger partial charge on any atom is -0.391 e. The molecule has 0 aliphatic heterocycles. The summed E-state index contributed by atoms with van der Waals surface area (Å²) >= 11 is 6.01. The Kier molecular flexibility index (Phi) is 5.78. The lowest BCUT2D eigenvalue weighted by atomic mass is 10.1. The van der Waals surface area contributed by atoms with E-state index >= 15 is 0 Å². The van der Waals surface area contributed by atoms with Crippen molar-refractivity contribution in [3.8, 4) is 0 Å². The molecule has 0 aliphatic carbocycles. The van der Waals surface area contributed by atoms with Crippen molar-refractivity contribution in [2.75, 3.05) is 6.54 Å². The van der Waals surface area contributed by atoms with Gasteiger partial charge < -0.3 is 10.4 Å². The second-order valence-corrected chi connectivity index (χ2v) is 5.32. The van der Waals surface area contributed by atoms with E-state index in [0.717, 1.165) is 11.1 Å². The molecule has 2 rings (SSSR count). The van der Waals surface area contributed by atoms with Gasteiger partial charge in [-0.3, -0.25) is 4.79 Å². The van der Waals surface area contributed by atoms with Crippen LogP contribution in [0.2, 0.25) is 5.02 Å². The normalized spacial score (nSPS) is 11.9. The van der Waals surface area contributed by atoms with Crippen LogP contribution in [0.25, 0.3) is 0 Å². The van der Waals surface area contributed by atoms with Crippen molar-refractivity contribution in [1.29, 1.82) is 0 Å². The van der Waals surface area contributed by atoms with Crippen molar-refractivity contribution in [2.45, 2.75) is 18.9 Å². The number of rotatable bonds is 6. The molecule has 21 heavy (non-hydrogen) atoms. The van der Waals surface area contributed by atoms with Crippen molar-refractivity contribution in [1.82, 2.24) is 5.32 Å². The largest absolute Gasteiger partial charge is 0.391 e. The Bertz CT molecular complexity index is 586. The third kappa shape index (κ3) is 5.21. The summed E-state index contributed by atoms with van der Waals surface area (Å²) in [6, 6.07) is 16.9. The van der Waals surface area contributed by atoms with E-state index in [0.29, 0.717) is 11.4 Å². The molecule has 1 atom stereocenters. The second kappa shape index (κ2) is 7.81. The van der Waals surface area contributed by atoms with Crippen molar-refractivity contribution >= 4 is 17.5 Å². The molecule has 0 heterocycles. The van der Waals surface area contributed by atoms with Crippen LogP contribution in [0, 0.1) is 0 Å². The molecule has 2 N–H and O–H groups in total. The van der Waals surface area contributed by atoms with Crippen LogP contribution in [-0.4, -0.2) is 23.7 Å². The highest BCUT2D eigenvalue weighted by Crippen LogP contribution is 2.15. The van der Waals surface area contributed by atoms with Crippen LogP contribution in [0.15, 0.2) is 54.6 Å². The van der Waals surface area contributed by atoms with E-state index in [1.807, 2.05) is 48.5 Å². The van der Waals surface area contributed by atoms with Crippen molar-refractivity contribution < 1.29 is 9.90 Å². The van der Waals surface area contributed by atoms with Gasteiger partial charge in [0.25, 0.3) is 0 Å². The number of hydrogen-bond donors (Lipinski definition) is 2. The Balaban J connectivity index is 1.77. The van der Waals surface area contributed by atoms with E-state index in [4.69, 9.17) is 11.6 Å². The average molecular weight is 304 g/mol. The molecular weight excluding hydrogens is 286 g/mol. The number of benzene rings is 2. The summed E-state index contributed by atoms with van der Waals surface area (Å²) in [5.41, 5.74) is 1.83. The minimum absolute atomic E-state index is 0.143. The fourth-order valence-electron chi connectivity index (χ4n) is 2.07. The van der Waals surface area contributed by atoms with Crippen molar-refractivity contribution in [3.05, 3.63) is 70.7 Å². The lowest BCUT2D eigenvalue weighted by molar-refractivity contribution is -0.120. The monoisotopic (exact) mass is 303 g/mol. The van der Waals surface area contributed by atoms with Crippen LogP contribution >= 0.6 is 11.6 Å². The third-order valence-corrected chi connectivity index (χ3v) is 3.53. The Hall–Kier alpha value is -1.84. The molecule has 0 saturated carbocycles. The van der Waals surface area contributed by atoms with Gasteiger partial charge in [0, 0.05) is 18.0 Å². The number of carbonyl (C=O) groups is 1. The third-order valence-electron chi connectivity index (χ3n) is 3.16. The van der Waals surface area contributed by atoms with E-state index < -0.39 is 6.10 Å². The Labute approximate surface area is 129 Å². The summed E-state index contributed by atoms with van der Waals surface area (Å²) in [5.74, 6) is -0.143. The van der Waals surface area contributed by atoms with Crippen LogP contribution in [0.5, 0.6) is 0 Å². The highest BCUT2D eigenvalue weighted by atomic mass is 35.5. The highest BCUT2D eigenvalue weighted by Gasteiger charge is 2.10. The van der Waals surface area contributed by atoms with E-state index in [9.17, 15) is 9.90 Å². The van der Waals surface area contributed by atoms with E-state index in [2.05, 4.69) is 5.32 Å². The molecule has 0 bridgehead atoms. The number of amides is 1. The van der Waals surface area contributed by atoms with Gasteiger partial charge in [0.15, 0.2) is 0 Å². The summed E-state index contributed by atoms with van der Waals surface area (Å²) in [4.78, 5) is 11.8. The zero-order valence-corrected chi connectivity index (χ0v) is 12.4. The van der Waals surface area contributed by atoms with Gasteiger partial charge in [-0.25, -0.2) is 0 Å². The SMILES string of the molecule is O=C(Cc1ccccc1Cl)NC[C@@H](O)Cc1ccccc1.